The van der Waals surface area contributed by atoms with Gasteiger partial charge in [0.2, 0.25) is 5.91 Å². The quantitative estimate of drug-likeness (QED) is 0.697. The lowest BCUT2D eigenvalue weighted by Gasteiger charge is -2.06. The summed E-state index contributed by atoms with van der Waals surface area (Å²) in [5.41, 5.74) is 1.54. The van der Waals surface area contributed by atoms with Gasteiger partial charge >= 0.3 is 0 Å². The number of aliphatic hydroxyl groups is 1. The van der Waals surface area contributed by atoms with Crippen molar-refractivity contribution in [3.8, 4) is 0 Å². The van der Waals surface area contributed by atoms with E-state index >= 15 is 0 Å². The number of nitrogens with one attached hydrogen (secondary N) is 1. The van der Waals surface area contributed by atoms with Crippen LogP contribution in [0.15, 0.2) is 24.3 Å². The Kier molecular flexibility index (Phi) is 7.06. The summed E-state index contributed by atoms with van der Waals surface area (Å²) in [6, 6.07) is 7.08. The minimum absolute atomic E-state index is 0.00870. The van der Waals surface area contributed by atoms with Gasteiger partial charge in [0.05, 0.1) is 6.61 Å². The molecule has 0 aliphatic carbocycles. The highest BCUT2D eigenvalue weighted by atomic mass is 16.5. The Hall–Kier alpha value is -1.39. The van der Waals surface area contributed by atoms with Gasteiger partial charge in [-0.05, 0) is 24.1 Å². The fraction of sp³-hybridized carbons (Fsp3) is 0.500. The smallest absolute Gasteiger partial charge is 0.250 e. The van der Waals surface area contributed by atoms with E-state index in [1.54, 1.807) is 24.3 Å². The highest BCUT2D eigenvalue weighted by Crippen LogP contribution is 2.09. The van der Waals surface area contributed by atoms with Gasteiger partial charge in [0.25, 0.3) is 0 Å². The zero-order valence-electron chi connectivity index (χ0n) is 10.8. The average molecular weight is 251 g/mol. The molecule has 4 heteroatoms. The van der Waals surface area contributed by atoms with E-state index in [0.29, 0.717) is 12.3 Å². The summed E-state index contributed by atoms with van der Waals surface area (Å²) >= 11 is 0. The number of anilines is 1. The van der Waals surface area contributed by atoms with Gasteiger partial charge in [-0.2, -0.15) is 0 Å². The van der Waals surface area contributed by atoms with Crippen molar-refractivity contribution < 1.29 is 14.6 Å². The second-order valence-corrected chi connectivity index (χ2v) is 4.16. The van der Waals surface area contributed by atoms with Gasteiger partial charge in [-0.1, -0.05) is 31.9 Å². The number of carbonyl (C=O) groups is 1. The van der Waals surface area contributed by atoms with Crippen LogP contribution in [0.5, 0.6) is 0 Å². The zero-order chi connectivity index (χ0) is 13.2. The number of carbonyl (C=O) groups excluding carboxylic acids is 1. The number of benzene rings is 1. The van der Waals surface area contributed by atoms with Crippen LogP contribution in [0.2, 0.25) is 0 Å². The third-order valence-corrected chi connectivity index (χ3v) is 2.55. The molecule has 0 aliphatic rings. The van der Waals surface area contributed by atoms with E-state index in [9.17, 15) is 4.79 Å². The summed E-state index contributed by atoms with van der Waals surface area (Å²) in [7, 11) is 0. The van der Waals surface area contributed by atoms with E-state index < -0.39 is 0 Å². The van der Waals surface area contributed by atoms with Crippen LogP contribution in [0, 0.1) is 0 Å². The lowest BCUT2D eigenvalue weighted by Crippen LogP contribution is -2.18. The molecule has 0 saturated heterocycles. The predicted octanol–water partition coefficient (Wildman–Crippen LogP) is 2.32. The second kappa shape index (κ2) is 8.66. The number of unbranched alkanes of at least 4 members (excludes halogenated alkanes) is 2. The summed E-state index contributed by atoms with van der Waals surface area (Å²) in [5, 5.41) is 11.6. The van der Waals surface area contributed by atoms with Crippen molar-refractivity contribution in [1.29, 1.82) is 0 Å². The normalized spacial score (nSPS) is 10.3. The molecule has 0 bridgehead atoms. The predicted molar refractivity (Wildman–Crippen MR) is 71.3 cm³/mol. The lowest BCUT2D eigenvalue weighted by atomic mass is 10.2. The molecule has 18 heavy (non-hydrogen) atoms. The fourth-order valence-electron chi connectivity index (χ4n) is 1.51. The summed E-state index contributed by atoms with van der Waals surface area (Å²) in [6.45, 7) is 2.85. The first kappa shape index (κ1) is 14.7. The number of amides is 1. The summed E-state index contributed by atoms with van der Waals surface area (Å²) in [6.07, 6.45) is 3.27. The summed E-state index contributed by atoms with van der Waals surface area (Å²) in [4.78, 5) is 11.5. The van der Waals surface area contributed by atoms with Gasteiger partial charge in [-0.25, -0.2) is 0 Å². The average Bonchev–Trinajstić information content (AvgIpc) is 2.39. The molecule has 0 atom stereocenters. The van der Waals surface area contributed by atoms with E-state index in [-0.39, 0.29) is 19.1 Å². The van der Waals surface area contributed by atoms with Crippen LogP contribution in [-0.4, -0.2) is 24.2 Å². The fourth-order valence-corrected chi connectivity index (χ4v) is 1.51. The SMILES string of the molecule is CCCCCOCC(=O)Nc1ccc(CO)cc1. The number of hydrogen-bond donors (Lipinski definition) is 2. The first-order valence-corrected chi connectivity index (χ1v) is 6.33. The largest absolute Gasteiger partial charge is 0.392 e. The molecule has 0 aromatic heterocycles. The van der Waals surface area contributed by atoms with Crippen LogP contribution in [0.25, 0.3) is 0 Å². The molecule has 0 spiro atoms. The third-order valence-electron chi connectivity index (χ3n) is 2.55. The minimum atomic E-state index is -0.150. The highest BCUT2D eigenvalue weighted by molar-refractivity contribution is 5.91. The standard InChI is InChI=1S/C14H21NO3/c1-2-3-4-9-18-11-14(17)15-13-7-5-12(10-16)6-8-13/h5-8,16H,2-4,9-11H2,1H3,(H,15,17). The molecule has 0 aliphatic heterocycles. The monoisotopic (exact) mass is 251 g/mol. The molecular weight excluding hydrogens is 230 g/mol. The summed E-state index contributed by atoms with van der Waals surface area (Å²) < 4.78 is 5.26. The minimum Gasteiger partial charge on any atom is -0.392 e. The maximum Gasteiger partial charge on any atom is 0.250 e. The third kappa shape index (κ3) is 5.80. The van der Waals surface area contributed by atoms with Gasteiger partial charge in [-0.3, -0.25) is 4.79 Å². The van der Waals surface area contributed by atoms with Gasteiger partial charge < -0.3 is 15.2 Å². The molecule has 0 unspecified atom stereocenters. The molecule has 4 nitrogen and oxygen atoms in total. The molecule has 1 aromatic rings. The Balaban J connectivity index is 2.22. The van der Waals surface area contributed by atoms with Gasteiger partial charge in [0, 0.05) is 12.3 Å². The van der Waals surface area contributed by atoms with Crippen LogP contribution < -0.4 is 5.32 Å². The lowest BCUT2D eigenvalue weighted by molar-refractivity contribution is -0.120. The zero-order valence-corrected chi connectivity index (χ0v) is 10.8. The maximum atomic E-state index is 11.5. The van der Waals surface area contributed by atoms with E-state index in [0.717, 1.165) is 24.8 Å². The molecule has 0 fully saturated rings. The molecule has 1 rings (SSSR count). The van der Waals surface area contributed by atoms with Crippen molar-refractivity contribution in [1.82, 2.24) is 0 Å². The van der Waals surface area contributed by atoms with Gasteiger partial charge in [-0.15, -0.1) is 0 Å². The molecule has 1 aromatic carbocycles. The first-order valence-electron chi connectivity index (χ1n) is 6.33. The second-order valence-electron chi connectivity index (χ2n) is 4.16. The van der Waals surface area contributed by atoms with Crippen LogP contribution >= 0.6 is 0 Å². The van der Waals surface area contributed by atoms with Crippen molar-refractivity contribution in [2.24, 2.45) is 0 Å². The van der Waals surface area contributed by atoms with Crippen molar-refractivity contribution in [3.63, 3.8) is 0 Å². The molecule has 100 valence electrons. The number of aliphatic hydroxyl groups excluding tert-OH is 1. The van der Waals surface area contributed by atoms with Crippen LogP contribution in [0.3, 0.4) is 0 Å². The number of ether oxygens (including phenoxy) is 1. The first-order chi connectivity index (χ1) is 8.76. The molecule has 0 saturated carbocycles. The van der Waals surface area contributed by atoms with E-state index in [4.69, 9.17) is 9.84 Å². The number of hydrogen-bond acceptors (Lipinski definition) is 3. The Morgan fingerprint density at radius 2 is 2.00 bits per heavy atom. The Morgan fingerprint density at radius 3 is 2.61 bits per heavy atom. The maximum absolute atomic E-state index is 11.5. The molecule has 0 radical (unpaired) electrons. The van der Waals surface area contributed by atoms with Crippen LogP contribution in [-0.2, 0) is 16.1 Å². The van der Waals surface area contributed by atoms with Crippen LogP contribution in [0.1, 0.15) is 31.7 Å². The van der Waals surface area contributed by atoms with Crippen molar-refractivity contribution in [2.45, 2.75) is 32.8 Å². The summed E-state index contributed by atoms with van der Waals surface area (Å²) in [5.74, 6) is -0.150. The molecule has 1 amide bonds. The molecule has 2 N–H and O–H groups in total. The topological polar surface area (TPSA) is 58.6 Å². The molecule has 0 heterocycles. The molecular formula is C14H21NO3. The Morgan fingerprint density at radius 1 is 1.28 bits per heavy atom. The number of rotatable bonds is 8. The van der Waals surface area contributed by atoms with Crippen molar-refractivity contribution >= 4 is 11.6 Å². The Labute approximate surface area is 108 Å². The van der Waals surface area contributed by atoms with Gasteiger partial charge in [0.1, 0.15) is 6.61 Å². The van der Waals surface area contributed by atoms with E-state index in [1.165, 1.54) is 0 Å². The highest BCUT2D eigenvalue weighted by Gasteiger charge is 2.02. The van der Waals surface area contributed by atoms with E-state index in [2.05, 4.69) is 12.2 Å². The van der Waals surface area contributed by atoms with E-state index in [1.807, 2.05) is 0 Å². The van der Waals surface area contributed by atoms with Crippen molar-refractivity contribution in [3.05, 3.63) is 29.8 Å². The van der Waals surface area contributed by atoms with Crippen LogP contribution in [0.4, 0.5) is 5.69 Å². The Bertz CT molecular complexity index is 349. The van der Waals surface area contributed by atoms with Gasteiger partial charge in [0.15, 0.2) is 0 Å². The van der Waals surface area contributed by atoms with Crippen molar-refractivity contribution in [2.75, 3.05) is 18.5 Å².